The van der Waals surface area contributed by atoms with Crippen LogP contribution < -0.4 is 0 Å². The van der Waals surface area contributed by atoms with Gasteiger partial charge in [0.2, 0.25) is 0 Å². The molecule has 3 heteroatoms. The largest absolute Gasteiger partial charge is 0.266 e. The first-order valence-corrected chi connectivity index (χ1v) is 3.69. The first kappa shape index (κ1) is 7.03. The van der Waals surface area contributed by atoms with Crippen molar-refractivity contribution in [2.75, 3.05) is 0 Å². The molecule has 0 unspecified atom stereocenters. The van der Waals surface area contributed by atoms with Crippen LogP contribution >= 0.6 is 0 Å². The van der Waals surface area contributed by atoms with E-state index >= 15 is 0 Å². The predicted octanol–water partition coefficient (Wildman–Crippen LogP) is 1.28. The molecule has 0 amide bonds. The Hall–Kier alpha value is -1.64. The number of aromatic nitrogens is 3. The van der Waals surface area contributed by atoms with Crippen LogP contribution in [0.2, 0.25) is 0 Å². The minimum Gasteiger partial charge on any atom is -0.266 e. The Labute approximate surface area is 70.7 Å². The van der Waals surface area contributed by atoms with Crippen molar-refractivity contribution in [3.8, 4) is 11.4 Å². The Morgan fingerprint density at radius 2 is 2.33 bits per heavy atom. The molecular weight excluding hydrogens is 150 g/mol. The molecule has 0 atom stereocenters. The van der Waals surface area contributed by atoms with E-state index in [-0.39, 0.29) is 0 Å². The fraction of sp³-hybridized carbons (Fsp3) is 0.111. The first-order valence-electron chi connectivity index (χ1n) is 3.69. The van der Waals surface area contributed by atoms with E-state index in [0.717, 1.165) is 11.4 Å². The molecule has 0 aliphatic heterocycles. The van der Waals surface area contributed by atoms with E-state index in [9.17, 15) is 0 Å². The van der Waals surface area contributed by atoms with Gasteiger partial charge in [-0.3, -0.25) is 9.67 Å². The maximum Gasteiger partial charge on any atom is 0.0942 e. The van der Waals surface area contributed by atoms with Gasteiger partial charge in [-0.25, -0.2) is 0 Å². The van der Waals surface area contributed by atoms with E-state index in [0.29, 0.717) is 0 Å². The van der Waals surface area contributed by atoms with Crippen molar-refractivity contribution in [2.45, 2.75) is 0 Å². The maximum absolute atomic E-state index is 4.19. The molecule has 0 aromatic carbocycles. The molecule has 0 saturated carbocycles. The van der Waals surface area contributed by atoms with Crippen molar-refractivity contribution >= 4 is 0 Å². The van der Waals surface area contributed by atoms with Gasteiger partial charge < -0.3 is 0 Å². The highest BCUT2D eigenvalue weighted by atomic mass is 15.3. The molecule has 0 aliphatic carbocycles. The molecule has 2 aromatic rings. The van der Waals surface area contributed by atoms with E-state index < -0.39 is 0 Å². The number of nitrogens with zero attached hydrogens (tertiary/aromatic N) is 3. The van der Waals surface area contributed by atoms with E-state index in [1.807, 2.05) is 25.2 Å². The van der Waals surface area contributed by atoms with Crippen LogP contribution in [0.1, 0.15) is 0 Å². The predicted molar refractivity (Wildman–Crippen MR) is 45.3 cm³/mol. The third-order valence-electron chi connectivity index (χ3n) is 1.66. The van der Waals surface area contributed by atoms with Gasteiger partial charge in [-0.2, -0.15) is 5.10 Å². The highest BCUT2D eigenvalue weighted by Crippen LogP contribution is 2.12. The molecule has 3 nitrogen and oxygen atoms in total. The fourth-order valence-electron chi connectivity index (χ4n) is 1.07. The average Bonchev–Trinajstić information content (AvgIpc) is 2.53. The molecule has 12 heavy (non-hydrogen) atoms. The van der Waals surface area contributed by atoms with Crippen molar-refractivity contribution in [1.29, 1.82) is 0 Å². The quantitative estimate of drug-likeness (QED) is 0.626. The molecular formula is C9H8N3. The van der Waals surface area contributed by atoms with Crippen molar-refractivity contribution in [3.05, 3.63) is 36.7 Å². The van der Waals surface area contributed by atoms with Crippen molar-refractivity contribution in [2.24, 2.45) is 7.05 Å². The molecule has 1 radical (unpaired) electrons. The highest BCUT2D eigenvalue weighted by molar-refractivity contribution is 5.52. The Morgan fingerprint density at radius 1 is 1.42 bits per heavy atom. The molecule has 0 spiro atoms. The Kier molecular flexibility index (Phi) is 1.63. The second kappa shape index (κ2) is 2.77. The first-order chi connectivity index (χ1) is 5.88. The summed E-state index contributed by atoms with van der Waals surface area (Å²) in [5.41, 5.74) is 1.81. The van der Waals surface area contributed by atoms with Gasteiger partial charge in [0.1, 0.15) is 0 Å². The number of hydrogen-bond acceptors (Lipinski definition) is 2. The van der Waals surface area contributed by atoms with Crippen LogP contribution in [0.3, 0.4) is 0 Å². The van der Waals surface area contributed by atoms with Crippen LogP contribution in [0.5, 0.6) is 0 Å². The second-order valence-electron chi connectivity index (χ2n) is 2.48. The summed E-state index contributed by atoms with van der Waals surface area (Å²) in [6.07, 6.45) is 3.40. The Bertz CT molecular complexity index is 364. The lowest BCUT2D eigenvalue weighted by atomic mass is 10.3. The van der Waals surface area contributed by atoms with Gasteiger partial charge in [0.25, 0.3) is 0 Å². The van der Waals surface area contributed by atoms with E-state index in [2.05, 4.69) is 16.1 Å². The summed E-state index contributed by atoms with van der Waals surface area (Å²) in [5, 5.41) is 4.01. The van der Waals surface area contributed by atoms with Crippen LogP contribution in [-0.2, 0) is 7.05 Å². The van der Waals surface area contributed by atoms with Crippen LogP contribution in [0, 0.1) is 6.07 Å². The molecule has 0 N–H and O–H groups in total. The lowest BCUT2D eigenvalue weighted by Crippen LogP contribution is -1.94. The SMILES string of the molecule is Cn1nc[c]c1-c1ccccn1. The molecule has 59 valence electrons. The van der Waals surface area contributed by atoms with Gasteiger partial charge in [-0.05, 0) is 12.1 Å². The lowest BCUT2D eigenvalue weighted by Gasteiger charge is -1.98. The Morgan fingerprint density at radius 3 is 2.92 bits per heavy atom. The number of pyridine rings is 1. The summed E-state index contributed by atoms with van der Waals surface area (Å²) < 4.78 is 1.75. The molecule has 0 bridgehead atoms. The zero-order valence-corrected chi connectivity index (χ0v) is 6.73. The third-order valence-corrected chi connectivity index (χ3v) is 1.66. The monoisotopic (exact) mass is 158 g/mol. The highest BCUT2D eigenvalue weighted by Gasteiger charge is 2.01. The van der Waals surface area contributed by atoms with Crippen molar-refractivity contribution in [3.63, 3.8) is 0 Å². The third kappa shape index (κ3) is 1.09. The second-order valence-corrected chi connectivity index (χ2v) is 2.48. The standard InChI is InChI=1S/C9H8N3/c1-12-9(5-7-11-12)8-4-2-3-6-10-8/h2-4,6-7H,1H3. The summed E-state index contributed by atoms with van der Waals surface area (Å²) >= 11 is 0. The number of rotatable bonds is 1. The zero-order valence-electron chi connectivity index (χ0n) is 6.73. The smallest absolute Gasteiger partial charge is 0.0942 e. The average molecular weight is 158 g/mol. The van der Waals surface area contributed by atoms with Crippen LogP contribution in [-0.4, -0.2) is 14.8 Å². The van der Waals surface area contributed by atoms with Gasteiger partial charge in [0, 0.05) is 19.3 Å². The summed E-state index contributed by atoms with van der Waals surface area (Å²) in [6.45, 7) is 0. The van der Waals surface area contributed by atoms with Crippen LogP contribution in [0.25, 0.3) is 11.4 Å². The summed E-state index contributed by atoms with van der Waals surface area (Å²) in [5.74, 6) is 0. The maximum atomic E-state index is 4.19. The number of aryl methyl sites for hydroxylation is 1. The summed E-state index contributed by atoms with van der Waals surface area (Å²) in [6, 6.07) is 8.79. The van der Waals surface area contributed by atoms with Gasteiger partial charge in [0.05, 0.1) is 17.6 Å². The van der Waals surface area contributed by atoms with Crippen LogP contribution in [0.15, 0.2) is 30.6 Å². The molecule has 2 heterocycles. The minimum absolute atomic E-state index is 0.900. The Balaban J connectivity index is 2.51. The van der Waals surface area contributed by atoms with Gasteiger partial charge in [-0.1, -0.05) is 6.07 Å². The zero-order chi connectivity index (χ0) is 8.39. The summed E-state index contributed by atoms with van der Waals surface area (Å²) in [7, 11) is 1.88. The van der Waals surface area contributed by atoms with Gasteiger partial charge >= 0.3 is 0 Å². The van der Waals surface area contributed by atoms with Crippen molar-refractivity contribution in [1.82, 2.24) is 14.8 Å². The van der Waals surface area contributed by atoms with E-state index in [1.165, 1.54) is 0 Å². The fourth-order valence-corrected chi connectivity index (χ4v) is 1.07. The molecule has 2 rings (SSSR count). The number of hydrogen-bond donors (Lipinski definition) is 0. The normalized spacial score (nSPS) is 10.1. The molecule has 0 fully saturated rings. The van der Waals surface area contributed by atoms with Crippen molar-refractivity contribution < 1.29 is 0 Å². The van der Waals surface area contributed by atoms with E-state index in [1.54, 1.807) is 17.1 Å². The van der Waals surface area contributed by atoms with Gasteiger partial charge in [-0.15, -0.1) is 0 Å². The van der Waals surface area contributed by atoms with Crippen LogP contribution in [0.4, 0.5) is 0 Å². The lowest BCUT2D eigenvalue weighted by molar-refractivity contribution is 0.773. The molecule has 0 saturated heterocycles. The molecule has 2 aromatic heterocycles. The summed E-state index contributed by atoms with van der Waals surface area (Å²) in [4.78, 5) is 4.19. The van der Waals surface area contributed by atoms with Gasteiger partial charge in [0.15, 0.2) is 0 Å². The minimum atomic E-state index is 0.900. The topological polar surface area (TPSA) is 30.7 Å². The van der Waals surface area contributed by atoms with E-state index in [4.69, 9.17) is 0 Å². The molecule has 0 aliphatic rings.